The summed E-state index contributed by atoms with van der Waals surface area (Å²) in [6.45, 7) is 4.95. The Morgan fingerprint density at radius 1 is 1.32 bits per heavy atom. The van der Waals surface area contributed by atoms with Crippen molar-refractivity contribution >= 4 is 36.0 Å². The molecule has 1 aliphatic rings. The SMILES string of the molecule is CCOC(=O)N1CCN(C(=NC)NCc2ccc(O)c(F)c2)CC1.I. The molecule has 0 saturated carbocycles. The van der Waals surface area contributed by atoms with E-state index in [1.165, 1.54) is 12.1 Å². The predicted molar refractivity (Wildman–Crippen MR) is 104 cm³/mol. The second-order valence-corrected chi connectivity index (χ2v) is 5.36. The average molecular weight is 466 g/mol. The van der Waals surface area contributed by atoms with Gasteiger partial charge < -0.3 is 25.0 Å². The number of nitrogens with one attached hydrogen (secondary N) is 1. The van der Waals surface area contributed by atoms with Crippen LogP contribution >= 0.6 is 24.0 Å². The van der Waals surface area contributed by atoms with Gasteiger partial charge in [0.05, 0.1) is 6.61 Å². The van der Waals surface area contributed by atoms with Crippen LogP contribution in [-0.4, -0.2) is 66.8 Å². The molecule has 1 heterocycles. The summed E-state index contributed by atoms with van der Waals surface area (Å²) in [5.41, 5.74) is 0.705. The minimum Gasteiger partial charge on any atom is -0.505 e. The summed E-state index contributed by atoms with van der Waals surface area (Å²) >= 11 is 0. The molecular weight excluding hydrogens is 442 g/mol. The van der Waals surface area contributed by atoms with Crippen LogP contribution in [0.25, 0.3) is 0 Å². The predicted octanol–water partition coefficient (Wildman–Crippen LogP) is 2.00. The Balaban J connectivity index is 0.00000312. The Bertz CT molecular complexity index is 607. The highest BCUT2D eigenvalue weighted by Gasteiger charge is 2.23. The average Bonchev–Trinajstić information content (AvgIpc) is 2.59. The van der Waals surface area contributed by atoms with E-state index in [0.29, 0.717) is 50.9 Å². The number of benzene rings is 1. The number of phenolic OH excluding ortho intramolecular Hbond substituents is 1. The molecule has 140 valence electrons. The Kier molecular flexibility index (Phi) is 8.73. The van der Waals surface area contributed by atoms with Gasteiger partial charge in [0.2, 0.25) is 0 Å². The number of hydrogen-bond acceptors (Lipinski definition) is 4. The Labute approximate surface area is 163 Å². The lowest BCUT2D eigenvalue weighted by molar-refractivity contribution is 0.0914. The number of carbonyl (C=O) groups is 1. The van der Waals surface area contributed by atoms with E-state index < -0.39 is 5.82 Å². The minimum atomic E-state index is -0.646. The highest BCUT2D eigenvalue weighted by molar-refractivity contribution is 14.0. The molecule has 0 radical (unpaired) electrons. The zero-order valence-corrected chi connectivity index (χ0v) is 16.7. The number of piperazine rings is 1. The zero-order valence-electron chi connectivity index (χ0n) is 14.4. The molecule has 25 heavy (non-hydrogen) atoms. The molecular formula is C16H24FIN4O3. The molecule has 1 aromatic carbocycles. The number of nitrogens with zero attached hydrogens (tertiary/aromatic N) is 3. The molecule has 2 N–H and O–H groups in total. The summed E-state index contributed by atoms with van der Waals surface area (Å²) in [7, 11) is 1.68. The number of amides is 1. The lowest BCUT2D eigenvalue weighted by Gasteiger charge is -2.35. The number of hydrogen-bond donors (Lipinski definition) is 2. The van der Waals surface area contributed by atoms with E-state index in [9.17, 15) is 14.3 Å². The normalized spacial score (nSPS) is 14.8. The summed E-state index contributed by atoms with van der Waals surface area (Å²) in [6, 6.07) is 4.26. The van der Waals surface area contributed by atoms with Gasteiger partial charge in [-0.15, -0.1) is 24.0 Å². The molecule has 0 aromatic heterocycles. The quantitative estimate of drug-likeness (QED) is 0.405. The minimum absolute atomic E-state index is 0. The Morgan fingerprint density at radius 3 is 2.52 bits per heavy atom. The molecule has 7 nitrogen and oxygen atoms in total. The lowest BCUT2D eigenvalue weighted by atomic mass is 10.2. The first-order chi connectivity index (χ1) is 11.5. The van der Waals surface area contributed by atoms with Crippen molar-refractivity contribution in [1.29, 1.82) is 0 Å². The van der Waals surface area contributed by atoms with Gasteiger partial charge in [-0.1, -0.05) is 6.07 Å². The molecule has 1 amide bonds. The van der Waals surface area contributed by atoms with Gasteiger partial charge in [0.15, 0.2) is 17.5 Å². The lowest BCUT2D eigenvalue weighted by Crippen LogP contribution is -2.53. The molecule has 1 fully saturated rings. The summed E-state index contributed by atoms with van der Waals surface area (Å²) < 4.78 is 18.4. The summed E-state index contributed by atoms with van der Waals surface area (Å²) in [5.74, 6) is -0.322. The van der Waals surface area contributed by atoms with Gasteiger partial charge in [-0.2, -0.15) is 0 Å². The van der Waals surface area contributed by atoms with Crippen LogP contribution in [0, 0.1) is 5.82 Å². The number of aromatic hydroxyl groups is 1. The maximum absolute atomic E-state index is 13.4. The van der Waals surface area contributed by atoms with E-state index in [4.69, 9.17) is 4.74 Å². The van der Waals surface area contributed by atoms with Crippen molar-refractivity contribution in [3.05, 3.63) is 29.6 Å². The third kappa shape index (κ3) is 5.91. The third-order valence-corrected chi connectivity index (χ3v) is 3.78. The first kappa shape index (κ1) is 21.3. The van der Waals surface area contributed by atoms with Crippen LogP contribution in [0.1, 0.15) is 12.5 Å². The van der Waals surface area contributed by atoms with Gasteiger partial charge in [0, 0.05) is 39.8 Å². The first-order valence-corrected chi connectivity index (χ1v) is 7.89. The summed E-state index contributed by atoms with van der Waals surface area (Å²) in [6.07, 6.45) is -0.292. The zero-order chi connectivity index (χ0) is 17.5. The number of phenols is 1. The van der Waals surface area contributed by atoms with Crippen LogP contribution in [0.2, 0.25) is 0 Å². The fraction of sp³-hybridized carbons (Fsp3) is 0.500. The molecule has 0 unspecified atom stereocenters. The number of ether oxygens (including phenoxy) is 1. The van der Waals surface area contributed by atoms with Crippen LogP contribution in [0.5, 0.6) is 5.75 Å². The van der Waals surface area contributed by atoms with E-state index in [2.05, 4.69) is 10.3 Å². The molecule has 0 spiro atoms. The molecule has 1 saturated heterocycles. The van der Waals surface area contributed by atoms with Crippen molar-refractivity contribution in [1.82, 2.24) is 15.1 Å². The maximum atomic E-state index is 13.4. The van der Waals surface area contributed by atoms with Crippen molar-refractivity contribution in [2.75, 3.05) is 39.8 Å². The summed E-state index contributed by atoms with van der Waals surface area (Å²) in [4.78, 5) is 19.6. The first-order valence-electron chi connectivity index (χ1n) is 7.89. The number of carbonyl (C=O) groups excluding carboxylic acids is 1. The Morgan fingerprint density at radius 2 is 1.96 bits per heavy atom. The third-order valence-electron chi connectivity index (χ3n) is 3.78. The molecule has 1 aliphatic heterocycles. The number of halogens is 2. The van der Waals surface area contributed by atoms with E-state index >= 15 is 0 Å². The highest BCUT2D eigenvalue weighted by Crippen LogP contribution is 2.16. The number of guanidine groups is 1. The standard InChI is InChI=1S/C16H23FN4O3.HI/c1-3-24-16(23)21-8-6-20(7-9-21)15(18-2)19-11-12-4-5-14(22)13(17)10-12;/h4-5,10,22H,3,6-9,11H2,1-2H3,(H,18,19);1H. The van der Waals surface area contributed by atoms with Gasteiger partial charge in [0.1, 0.15) is 0 Å². The van der Waals surface area contributed by atoms with Crippen molar-refractivity contribution < 1.29 is 19.0 Å². The van der Waals surface area contributed by atoms with Gasteiger partial charge in [-0.05, 0) is 24.6 Å². The van der Waals surface area contributed by atoms with Crippen molar-refractivity contribution in [3.63, 3.8) is 0 Å². The molecule has 9 heteroatoms. The highest BCUT2D eigenvalue weighted by atomic mass is 127. The molecule has 1 aromatic rings. The van der Waals surface area contributed by atoms with Crippen LogP contribution in [0.15, 0.2) is 23.2 Å². The van der Waals surface area contributed by atoms with Crippen LogP contribution < -0.4 is 5.32 Å². The Hall–Kier alpha value is -1.78. The van der Waals surface area contributed by atoms with E-state index in [1.807, 2.05) is 4.90 Å². The van der Waals surface area contributed by atoms with Gasteiger partial charge >= 0.3 is 6.09 Å². The molecule has 0 atom stereocenters. The fourth-order valence-corrected chi connectivity index (χ4v) is 2.49. The largest absolute Gasteiger partial charge is 0.505 e. The smallest absolute Gasteiger partial charge is 0.409 e. The number of aliphatic imine (C=N–C) groups is 1. The topological polar surface area (TPSA) is 77.4 Å². The maximum Gasteiger partial charge on any atom is 0.409 e. The van der Waals surface area contributed by atoms with Crippen molar-refractivity contribution in [3.8, 4) is 5.75 Å². The van der Waals surface area contributed by atoms with Gasteiger partial charge in [0.25, 0.3) is 0 Å². The molecule has 0 bridgehead atoms. The molecule has 0 aliphatic carbocycles. The van der Waals surface area contributed by atoms with Gasteiger partial charge in [-0.3, -0.25) is 4.99 Å². The monoisotopic (exact) mass is 466 g/mol. The van der Waals surface area contributed by atoms with Crippen molar-refractivity contribution in [2.24, 2.45) is 4.99 Å². The number of rotatable bonds is 3. The fourth-order valence-electron chi connectivity index (χ4n) is 2.49. The second kappa shape index (κ2) is 10.3. The van der Waals surface area contributed by atoms with E-state index in [1.54, 1.807) is 24.9 Å². The summed E-state index contributed by atoms with van der Waals surface area (Å²) in [5, 5.41) is 12.4. The second-order valence-electron chi connectivity index (χ2n) is 5.36. The van der Waals surface area contributed by atoms with Crippen LogP contribution in [0.4, 0.5) is 9.18 Å². The van der Waals surface area contributed by atoms with Crippen LogP contribution in [0.3, 0.4) is 0 Å². The van der Waals surface area contributed by atoms with Gasteiger partial charge in [-0.25, -0.2) is 9.18 Å². The van der Waals surface area contributed by atoms with E-state index in [0.717, 1.165) is 0 Å². The van der Waals surface area contributed by atoms with Crippen LogP contribution in [-0.2, 0) is 11.3 Å². The van der Waals surface area contributed by atoms with Crippen molar-refractivity contribution in [2.45, 2.75) is 13.5 Å². The van der Waals surface area contributed by atoms with E-state index in [-0.39, 0.29) is 35.8 Å². The molecule has 2 rings (SSSR count).